The van der Waals surface area contributed by atoms with Crippen molar-refractivity contribution >= 4 is 11.9 Å². The van der Waals surface area contributed by atoms with Crippen LogP contribution in [-0.2, 0) is 4.79 Å². The molecule has 0 aromatic rings. The second kappa shape index (κ2) is 2.90. The molecule has 1 N–H and O–H groups in total. The van der Waals surface area contributed by atoms with E-state index in [1.807, 2.05) is 0 Å². The van der Waals surface area contributed by atoms with Crippen molar-refractivity contribution in [2.75, 3.05) is 6.54 Å². The highest BCUT2D eigenvalue weighted by atomic mass is 16.4. The number of rotatable bonds is 1. The lowest BCUT2D eigenvalue weighted by Gasteiger charge is -2.18. The van der Waals surface area contributed by atoms with Gasteiger partial charge in [0, 0.05) is 6.54 Å². The molecule has 4 nitrogen and oxygen atoms in total. The van der Waals surface area contributed by atoms with E-state index in [-0.39, 0.29) is 11.8 Å². The van der Waals surface area contributed by atoms with Gasteiger partial charge in [0.2, 0.25) is 0 Å². The van der Waals surface area contributed by atoms with Crippen LogP contribution in [0.2, 0.25) is 0 Å². The molecule has 1 fully saturated rings. The Morgan fingerprint density at radius 1 is 1.55 bits per heavy atom. The summed E-state index contributed by atoms with van der Waals surface area (Å²) < 4.78 is 0. The van der Waals surface area contributed by atoms with Crippen LogP contribution in [0.15, 0.2) is 0 Å². The average molecular weight is 157 g/mol. The van der Waals surface area contributed by atoms with E-state index in [1.165, 1.54) is 11.8 Å². The zero-order valence-corrected chi connectivity index (χ0v) is 6.41. The van der Waals surface area contributed by atoms with E-state index in [2.05, 4.69) is 0 Å². The summed E-state index contributed by atoms with van der Waals surface area (Å²) in [6, 6.07) is -0.382. The first kappa shape index (κ1) is 8.04. The molecular weight excluding hydrogens is 146 g/mol. The van der Waals surface area contributed by atoms with Gasteiger partial charge in [-0.05, 0) is 19.8 Å². The molecule has 1 amide bonds. The van der Waals surface area contributed by atoms with E-state index < -0.39 is 6.09 Å². The van der Waals surface area contributed by atoms with Gasteiger partial charge in [-0.15, -0.1) is 0 Å². The van der Waals surface area contributed by atoms with Crippen molar-refractivity contribution in [1.82, 2.24) is 4.90 Å². The van der Waals surface area contributed by atoms with E-state index in [1.54, 1.807) is 0 Å². The van der Waals surface area contributed by atoms with Crippen LogP contribution in [-0.4, -0.2) is 34.5 Å². The molecular formula is C7H11NO3. The van der Waals surface area contributed by atoms with Crippen molar-refractivity contribution in [3.05, 3.63) is 0 Å². The molecule has 0 bridgehead atoms. The maximum atomic E-state index is 10.9. The summed E-state index contributed by atoms with van der Waals surface area (Å²) in [4.78, 5) is 22.6. The second-order valence-electron chi connectivity index (χ2n) is 2.74. The molecule has 0 spiro atoms. The van der Waals surface area contributed by atoms with Crippen LogP contribution in [0.4, 0.5) is 4.79 Å². The van der Waals surface area contributed by atoms with Gasteiger partial charge in [0.15, 0.2) is 5.78 Å². The Balaban J connectivity index is 2.65. The summed E-state index contributed by atoms with van der Waals surface area (Å²) in [6.45, 7) is 1.94. The number of carboxylic acid groups (broad SMARTS) is 1. The third-order valence-electron chi connectivity index (χ3n) is 1.97. The fourth-order valence-corrected chi connectivity index (χ4v) is 1.42. The minimum atomic E-state index is -0.984. The number of amides is 1. The van der Waals surface area contributed by atoms with Gasteiger partial charge in [0.1, 0.15) is 0 Å². The Morgan fingerprint density at radius 2 is 2.18 bits per heavy atom. The summed E-state index contributed by atoms with van der Waals surface area (Å²) in [7, 11) is 0. The van der Waals surface area contributed by atoms with Crippen molar-refractivity contribution in [2.45, 2.75) is 25.8 Å². The van der Waals surface area contributed by atoms with Crippen LogP contribution in [0, 0.1) is 0 Å². The van der Waals surface area contributed by atoms with Crippen LogP contribution in [0.25, 0.3) is 0 Å². The molecule has 0 radical (unpaired) electrons. The van der Waals surface area contributed by atoms with Gasteiger partial charge in [0.05, 0.1) is 6.04 Å². The van der Waals surface area contributed by atoms with Crippen molar-refractivity contribution in [3.63, 3.8) is 0 Å². The third-order valence-corrected chi connectivity index (χ3v) is 1.97. The van der Waals surface area contributed by atoms with E-state index in [0.29, 0.717) is 13.0 Å². The molecule has 1 rings (SSSR count). The number of hydrogen-bond acceptors (Lipinski definition) is 2. The van der Waals surface area contributed by atoms with Crippen molar-refractivity contribution in [3.8, 4) is 0 Å². The quantitative estimate of drug-likeness (QED) is 0.610. The predicted molar refractivity (Wildman–Crippen MR) is 38.4 cm³/mol. The molecule has 62 valence electrons. The van der Waals surface area contributed by atoms with Gasteiger partial charge >= 0.3 is 6.09 Å². The molecule has 11 heavy (non-hydrogen) atoms. The Morgan fingerprint density at radius 3 is 2.55 bits per heavy atom. The van der Waals surface area contributed by atoms with Crippen LogP contribution < -0.4 is 0 Å². The summed E-state index contributed by atoms with van der Waals surface area (Å²) in [5.74, 6) is -0.0510. The number of carbonyl (C=O) groups excluding carboxylic acids is 1. The van der Waals surface area contributed by atoms with Gasteiger partial charge in [-0.3, -0.25) is 9.69 Å². The number of nitrogens with zero attached hydrogens (tertiary/aromatic N) is 1. The largest absolute Gasteiger partial charge is 0.465 e. The summed E-state index contributed by atoms with van der Waals surface area (Å²) in [5.41, 5.74) is 0. The summed E-state index contributed by atoms with van der Waals surface area (Å²) in [5, 5.41) is 8.61. The van der Waals surface area contributed by atoms with Crippen LogP contribution in [0.5, 0.6) is 0 Å². The molecule has 1 saturated heterocycles. The molecule has 1 aliphatic rings. The van der Waals surface area contributed by atoms with Gasteiger partial charge in [-0.25, -0.2) is 4.79 Å². The average Bonchev–Trinajstić information content (AvgIpc) is 2.32. The Bertz CT molecular complexity index is 170. The Labute approximate surface area is 64.8 Å². The molecule has 0 aromatic heterocycles. The van der Waals surface area contributed by atoms with E-state index in [0.717, 1.165) is 6.42 Å². The fraction of sp³-hybridized carbons (Fsp3) is 0.714. The number of likely N-dealkylation sites (tertiary alicyclic amines) is 1. The number of Topliss-reactive ketones (excluding diaryl/α,β-unsaturated/α-hetero) is 1. The van der Waals surface area contributed by atoms with Crippen molar-refractivity contribution in [2.24, 2.45) is 0 Å². The summed E-state index contributed by atoms with van der Waals surface area (Å²) >= 11 is 0. The molecule has 0 saturated carbocycles. The molecule has 0 unspecified atom stereocenters. The first-order valence-electron chi connectivity index (χ1n) is 3.63. The van der Waals surface area contributed by atoms with Crippen molar-refractivity contribution < 1.29 is 14.7 Å². The molecule has 4 heteroatoms. The maximum Gasteiger partial charge on any atom is 0.407 e. The minimum absolute atomic E-state index is 0.0510. The van der Waals surface area contributed by atoms with E-state index in [9.17, 15) is 9.59 Å². The smallest absolute Gasteiger partial charge is 0.407 e. The highest BCUT2D eigenvalue weighted by Gasteiger charge is 2.31. The fourth-order valence-electron chi connectivity index (χ4n) is 1.42. The van der Waals surface area contributed by atoms with Crippen LogP contribution >= 0.6 is 0 Å². The van der Waals surface area contributed by atoms with Gasteiger partial charge in [-0.1, -0.05) is 0 Å². The van der Waals surface area contributed by atoms with Crippen molar-refractivity contribution in [1.29, 1.82) is 0 Å². The van der Waals surface area contributed by atoms with Crippen LogP contribution in [0.1, 0.15) is 19.8 Å². The molecule has 0 aromatic carbocycles. The summed E-state index contributed by atoms with van der Waals surface area (Å²) in [6.07, 6.45) is 0.501. The van der Waals surface area contributed by atoms with Gasteiger partial charge in [0.25, 0.3) is 0 Å². The maximum absolute atomic E-state index is 10.9. The zero-order chi connectivity index (χ0) is 8.43. The first-order valence-corrected chi connectivity index (χ1v) is 3.63. The standard InChI is InChI=1S/C7H11NO3/c1-5(9)6-3-2-4-8(6)7(10)11/h6H,2-4H2,1H3,(H,10,11)/t6-/m0/s1. The third kappa shape index (κ3) is 1.50. The Kier molecular flexibility index (Phi) is 2.12. The number of hydrogen-bond donors (Lipinski definition) is 1. The minimum Gasteiger partial charge on any atom is -0.465 e. The molecule has 1 heterocycles. The monoisotopic (exact) mass is 157 g/mol. The molecule has 1 aliphatic heterocycles. The normalized spacial score (nSPS) is 23.7. The first-order chi connectivity index (χ1) is 5.13. The van der Waals surface area contributed by atoms with Crippen LogP contribution in [0.3, 0.4) is 0 Å². The molecule has 0 aliphatic carbocycles. The highest BCUT2D eigenvalue weighted by Crippen LogP contribution is 2.17. The lowest BCUT2D eigenvalue weighted by molar-refractivity contribution is -0.120. The lowest BCUT2D eigenvalue weighted by atomic mass is 10.1. The van der Waals surface area contributed by atoms with Gasteiger partial charge in [-0.2, -0.15) is 0 Å². The zero-order valence-electron chi connectivity index (χ0n) is 6.41. The SMILES string of the molecule is CC(=O)[C@@H]1CCCN1C(=O)O. The highest BCUT2D eigenvalue weighted by molar-refractivity contribution is 5.85. The topological polar surface area (TPSA) is 57.6 Å². The second-order valence-corrected chi connectivity index (χ2v) is 2.74. The number of carbonyl (C=O) groups is 2. The lowest BCUT2D eigenvalue weighted by Crippen LogP contribution is -2.38. The van der Waals surface area contributed by atoms with E-state index in [4.69, 9.17) is 5.11 Å². The van der Waals surface area contributed by atoms with Gasteiger partial charge < -0.3 is 5.11 Å². The Hall–Kier alpha value is -1.06. The molecule has 1 atom stereocenters. The number of ketones is 1. The predicted octanol–water partition coefficient (Wildman–Crippen LogP) is 0.718. The van der Waals surface area contributed by atoms with E-state index >= 15 is 0 Å².